The Labute approximate surface area is 252 Å². The third-order valence-electron chi connectivity index (χ3n) is 6.84. The Bertz CT molecular complexity index is 1590. The molecule has 3 heterocycles. The first-order valence-electron chi connectivity index (χ1n) is 13.1. The average Bonchev–Trinajstić information content (AvgIpc) is 3.39. The minimum Gasteiger partial charge on any atom is -0.497 e. The van der Waals surface area contributed by atoms with Crippen molar-refractivity contribution < 1.29 is 34.0 Å². The maximum Gasteiger partial charge on any atom is 0.325 e. The van der Waals surface area contributed by atoms with E-state index in [1.807, 2.05) is 30.1 Å². The van der Waals surface area contributed by atoms with Gasteiger partial charge in [0.2, 0.25) is 0 Å². The highest BCUT2D eigenvalue weighted by Gasteiger charge is 2.35. The van der Waals surface area contributed by atoms with Crippen LogP contribution in [0.5, 0.6) is 17.2 Å². The van der Waals surface area contributed by atoms with Gasteiger partial charge in [-0.3, -0.25) is 0 Å². The lowest BCUT2D eigenvalue weighted by Gasteiger charge is -2.32. The molecule has 0 saturated heterocycles. The molecule has 0 atom stereocenters. The molecule has 1 amide bonds. The number of halogens is 1. The number of carbonyl (C=O) groups is 1. The van der Waals surface area contributed by atoms with Crippen LogP contribution in [0.1, 0.15) is 30.5 Å². The van der Waals surface area contributed by atoms with Gasteiger partial charge in [-0.15, -0.1) is 0 Å². The molecule has 0 spiro atoms. The van der Waals surface area contributed by atoms with E-state index in [0.717, 1.165) is 35.1 Å². The quantitative estimate of drug-likeness (QED) is 0.159. The maximum absolute atomic E-state index is 11.5. The highest BCUT2D eigenvalue weighted by molar-refractivity contribution is 6.30. The number of nitrogens with two attached hydrogens (primary N) is 2. The number of rotatable bonds is 9. The first kappa shape index (κ1) is 31.6. The molecule has 15 heteroatoms. The molecule has 0 aliphatic heterocycles. The first-order valence-corrected chi connectivity index (χ1v) is 13.5. The SMILES string of the molecule is COc1ccc(CN(C)c2cc(Cl)nc3c2ncn3C(N)=O)c(OC)c1.COc1cnc(C(O)(O)OC2CCC2)cc1N. The van der Waals surface area contributed by atoms with Gasteiger partial charge in [0.05, 0.1) is 45.0 Å². The highest BCUT2D eigenvalue weighted by atomic mass is 35.5. The lowest BCUT2D eigenvalue weighted by atomic mass is 9.96. The van der Waals surface area contributed by atoms with Gasteiger partial charge in [-0.25, -0.2) is 24.3 Å². The Hall–Kier alpha value is -4.37. The van der Waals surface area contributed by atoms with E-state index in [1.54, 1.807) is 20.3 Å². The summed E-state index contributed by atoms with van der Waals surface area (Å²) in [6, 6.07) is 7.96. The molecule has 0 radical (unpaired) electrons. The molecule has 1 saturated carbocycles. The van der Waals surface area contributed by atoms with Crippen LogP contribution in [0.15, 0.2) is 42.9 Å². The number of imidazole rings is 1. The molecule has 5 rings (SSSR count). The third-order valence-corrected chi connectivity index (χ3v) is 7.03. The number of hydrogen-bond acceptors (Lipinski definition) is 12. The fraction of sp³-hybridized carbons (Fsp3) is 0.357. The normalized spacial score (nSPS) is 13.1. The molecule has 0 unspecified atom stereocenters. The molecule has 1 aromatic carbocycles. The van der Waals surface area contributed by atoms with Gasteiger partial charge >= 0.3 is 12.0 Å². The number of ether oxygens (including phenoxy) is 4. The molecule has 4 aromatic rings. The van der Waals surface area contributed by atoms with Crippen molar-refractivity contribution in [2.45, 2.75) is 37.9 Å². The van der Waals surface area contributed by atoms with Gasteiger partial charge in [-0.2, -0.15) is 0 Å². The predicted octanol–water partition coefficient (Wildman–Crippen LogP) is 3.00. The lowest BCUT2D eigenvalue weighted by Crippen LogP contribution is -2.37. The molecule has 1 aliphatic rings. The van der Waals surface area contributed by atoms with E-state index in [9.17, 15) is 15.0 Å². The van der Waals surface area contributed by atoms with Gasteiger partial charge in [-0.1, -0.05) is 11.6 Å². The monoisotopic (exact) mass is 615 g/mol. The molecule has 1 fully saturated rings. The Morgan fingerprint density at radius 3 is 2.42 bits per heavy atom. The summed E-state index contributed by atoms with van der Waals surface area (Å²) >= 11 is 6.13. The number of anilines is 2. The number of carbonyl (C=O) groups excluding carboxylic acids is 1. The number of nitrogen functional groups attached to an aromatic ring is 1. The molecular weight excluding hydrogens is 582 g/mol. The van der Waals surface area contributed by atoms with Crippen molar-refractivity contribution in [3.63, 3.8) is 0 Å². The number of aliphatic hydroxyl groups is 2. The van der Waals surface area contributed by atoms with Crippen molar-refractivity contribution in [1.82, 2.24) is 19.5 Å². The van der Waals surface area contributed by atoms with E-state index in [0.29, 0.717) is 35.0 Å². The summed E-state index contributed by atoms with van der Waals surface area (Å²) < 4.78 is 21.9. The zero-order valence-corrected chi connectivity index (χ0v) is 24.9. The van der Waals surface area contributed by atoms with Crippen LogP contribution in [0.4, 0.5) is 16.2 Å². The van der Waals surface area contributed by atoms with E-state index >= 15 is 0 Å². The molecule has 0 bridgehead atoms. The number of primary amides is 1. The number of hydrogen-bond donors (Lipinski definition) is 4. The van der Waals surface area contributed by atoms with Crippen LogP contribution in [-0.4, -0.2) is 70.2 Å². The minimum absolute atomic E-state index is 0.0392. The molecule has 230 valence electrons. The Balaban J connectivity index is 0.000000215. The minimum atomic E-state index is -2.40. The second kappa shape index (κ2) is 13.3. The fourth-order valence-corrected chi connectivity index (χ4v) is 4.49. The summed E-state index contributed by atoms with van der Waals surface area (Å²) in [4.78, 5) is 25.8. The van der Waals surface area contributed by atoms with Crippen molar-refractivity contribution in [3.8, 4) is 17.2 Å². The largest absolute Gasteiger partial charge is 0.497 e. The van der Waals surface area contributed by atoms with Crippen molar-refractivity contribution >= 4 is 40.2 Å². The number of methoxy groups -OCH3 is 3. The maximum atomic E-state index is 11.5. The number of fused-ring (bicyclic) bond motifs is 1. The topological polar surface area (TPSA) is 193 Å². The van der Waals surface area contributed by atoms with Gasteiger partial charge in [0.15, 0.2) is 11.4 Å². The van der Waals surface area contributed by atoms with Gasteiger partial charge in [-0.05, 0) is 37.5 Å². The molecule has 3 aromatic heterocycles. The summed E-state index contributed by atoms with van der Waals surface area (Å²) in [5.41, 5.74) is 13.8. The Morgan fingerprint density at radius 1 is 1.12 bits per heavy atom. The second-order valence-electron chi connectivity index (χ2n) is 9.71. The fourth-order valence-electron chi connectivity index (χ4n) is 4.31. The zero-order chi connectivity index (χ0) is 31.3. The number of aromatic nitrogens is 4. The van der Waals surface area contributed by atoms with E-state index in [-0.39, 0.29) is 22.6 Å². The zero-order valence-electron chi connectivity index (χ0n) is 24.2. The van der Waals surface area contributed by atoms with Gasteiger partial charge in [0.1, 0.15) is 34.2 Å². The Kier molecular flexibility index (Phi) is 9.76. The van der Waals surface area contributed by atoms with Gasteiger partial charge in [0, 0.05) is 31.3 Å². The number of pyridine rings is 2. The summed E-state index contributed by atoms with van der Waals surface area (Å²) in [5, 5.41) is 19.8. The van der Waals surface area contributed by atoms with Crippen molar-refractivity contribution in [2.24, 2.45) is 5.73 Å². The lowest BCUT2D eigenvalue weighted by molar-refractivity contribution is -0.375. The number of benzene rings is 1. The van der Waals surface area contributed by atoms with Crippen LogP contribution in [0.3, 0.4) is 0 Å². The van der Waals surface area contributed by atoms with Crippen LogP contribution >= 0.6 is 11.6 Å². The predicted molar refractivity (Wildman–Crippen MR) is 159 cm³/mol. The molecule has 14 nitrogen and oxygen atoms in total. The summed E-state index contributed by atoms with van der Waals surface area (Å²) in [6.07, 6.45) is 5.23. The van der Waals surface area contributed by atoms with Gasteiger partial charge < -0.3 is 45.5 Å². The van der Waals surface area contributed by atoms with Crippen LogP contribution < -0.4 is 30.6 Å². The second-order valence-corrected chi connectivity index (χ2v) is 10.1. The average molecular weight is 616 g/mol. The van der Waals surface area contributed by atoms with E-state index in [4.69, 9.17) is 42.0 Å². The van der Waals surface area contributed by atoms with Crippen LogP contribution in [0.2, 0.25) is 5.15 Å². The van der Waals surface area contributed by atoms with Crippen molar-refractivity contribution in [1.29, 1.82) is 0 Å². The van der Waals surface area contributed by atoms with E-state index < -0.39 is 12.0 Å². The van der Waals surface area contributed by atoms with Crippen LogP contribution in [-0.2, 0) is 17.3 Å². The highest BCUT2D eigenvalue weighted by Crippen LogP contribution is 2.32. The smallest absolute Gasteiger partial charge is 0.325 e. The summed E-state index contributed by atoms with van der Waals surface area (Å²) in [5.74, 6) is -0.600. The van der Waals surface area contributed by atoms with Crippen LogP contribution in [0, 0.1) is 0 Å². The Morgan fingerprint density at radius 2 is 1.84 bits per heavy atom. The molecule has 6 N–H and O–H groups in total. The van der Waals surface area contributed by atoms with Gasteiger partial charge in [0.25, 0.3) is 0 Å². The number of amides is 1. The van der Waals surface area contributed by atoms with E-state index in [1.165, 1.54) is 25.7 Å². The molecule has 1 aliphatic carbocycles. The molecule has 43 heavy (non-hydrogen) atoms. The van der Waals surface area contributed by atoms with E-state index in [2.05, 4.69) is 15.0 Å². The number of nitrogens with zero attached hydrogens (tertiary/aromatic N) is 5. The standard InChI is InChI=1S/C17H18ClN5O3.C11H16N2O4/c1-22(8-10-4-5-11(25-2)6-13(10)26-3)12-7-14(18)21-16-15(12)20-9-23(16)17(19)24;1-16-9-6-13-10(5-8(9)12)11(14,15)17-7-3-2-4-7/h4-7,9H,8H2,1-3H3,(H2,19,24);5-7,14-15H,2-4H2,1H3,(H2,12,13). The van der Waals surface area contributed by atoms with Crippen LogP contribution in [0.25, 0.3) is 11.2 Å². The summed E-state index contributed by atoms with van der Waals surface area (Å²) in [6.45, 7) is 0.520. The van der Waals surface area contributed by atoms with Crippen molar-refractivity contribution in [2.75, 3.05) is 39.0 Å². The molecular formula is C28H34ClN7O7. The summed E-state index contributed by atoms with van der Waals surface area (Å²) in [7, 11) is 6.56. The van der Waals surface area contributed by atoms with Crippen molar-refractivity contribution in [3.05, 3.63) is 59.3 Å². The third kappa shape index (κ3) is 7.17. The first-order chi connectivity index (χ1) is 20.5.